The number of halogens is 3. The first kappa shape index (κ1) is 28.2. The molecule has 5 rings (SSSR count). The first-order valence-electron chi connectivity index (χ1n) is 13.2. The quantitative estimate of drug-likeness (QED) is 0.502. The van der Waals surface area contributed by atoms with E-state index in [4.69, 9.17) is 23.1 Å². The number of nitrogens with two attached hydrogens (primary N) is 2. The summed E-state index contributed by atoms with van der Waals surface area (Å²) in [4.78, 5) is 19.8. The largest absolute Gasteiger partial charge is 0.354 e. The molecular formula is C26H33ClF2N6O3S. The third kappa shape index (κ3) is 5.76. The fourth-order valence-corrected chi connectivity index (χ4v) is 7.27. The molecule has 2 aliphatic heterocycles. The van der Waals surface area contributed by atoms with Gasteiger partial charge in [-0.3, -0.25) is 4.79 Å². The van der Waals surface area contributed by atoms with Crippen molar-refractivity contribution in [3.8, 4) is 0 Å². The summed E-state index contributed by atoms with van der Waals surface area (Å²) >= 11 is 6.17. The van der Waals surface area contributed by atoms with Crippen LogP contribution in [0.25, 0.3) is 0 Å². The summed E-state index contributed by atoms with van der Waals surface area (Å²) in [5, 5.41) is -0.0257. The van der Waals surface area contributed by atoms with Crippen LogP contribution in [0.3, 0.4) is 0 Å². The van der Waals surface area contributed by atoms with E-state index in [9.17, 15) is 13.2 Å². The number of hydrogen-bond donors (Lipinski definition) is 2. The van der Waals surface area contributed by atoms with Crippen LogP contribution in [-0.4, -0.2) is 68.4 Å². The van der Waals surface area contributed by atoms with Gasteiger partial charge in [0.2, 0.25) is 15.9 Å². The Morgan fingerprint density at radius 1 is 0.949 bits per heavy atom. The number of benzene rings is 1. The van der Waals surface area contributed by atoms with Gasteiger partial charge in [0.15, 0.2) is 0 Å². The number of aromatic nitrogens is 1. The number of amides is 1. The van der Waals surface area contributed by atoms with E-state index >= 15 is 8.78 Å². The predicted molar refractivity (Wildman–Crippen MR) is 145 cm³/mol. The fourth-order valence-electron chi connectivity index (χ4n) is 5.64. The molecule has 1 amide bonds. The minimum Gasteiger partial charge on any atom is -0.354 e. The average Bonchev–Trinajstić information content (AvgIpc) is 3.26. The molecule has 4 N–H and O–H groups in total. The van der Waals surface area contributed by atoms with Crippen LogP contribution in [0.2, 0.25) is 5.15 Å². The van der Waals surface area contributed by atoms with E-state index < -0.39 is 21.9 Å². The second kappa shape index (κ2) is 10.9. The topological polar surface area (TPSA) is 126 Å². The number of carbonyl (C=O) groups is 1. The van der Waals surface area contributed by atoms with E-state index in [1.807, 2.05) is 0 Å². The number of nitrogens with zero attached hydrogens (tertiary/aromatic N) is 4. The molecule has 3 heterocycles. The van der Waals surface area contributed by atoms with Crippen LogP contribution in [-0.2, 0) is 20.7 Å². The van der Waals surface area contributed by atoms with Crippen molar-refractivity contribution in [1.29, 1.82) is 0 Å². The van der Waals surface area contributed by atoms with E-state index in [2.05, 4.69) is 4.98 Å². The van der Waals surface area contributed by atoms with Crippen molar-refractivity contribution in [1.82, 2.24) is 9.29 Å². The van der Waals surface area contributed by atoms with Crippen molar-refractivity contribution >= 4 is 39.0 Å². The minimum absolute atomic E-state index is 0.0257. The highest BCUT2D eigenvalue weighted by Crippen LogP contribution is 2.44. The maximum Gasteiger partial charge on any atom is 0.276 e. The summed E-state index contributed by atoms with van der Waals surface area (Å²) in [5.41, 5.74) is 12.2. The van der Waals surface area contributed by atoms with Crippen LogP contribution in [0, 0.1) is 5.92 Å². The van der Waals surface area contributed by atoms with Crippen LogP contribution in [0.5, 0.6) is 0 Å². The smallest absolute Gasteiger partial charge is 0.276 e. The van der Waals surface area contributed by atoms with Crippen LogP contribution < -0.4 is 21.3 Å². The number of rotatable bonds is 6. The molecule has 2 saturated heterocycles. The van der Waals surface area contributed by atoms with Gasteiger partial charge in [0.1, 0.15) is 11.0 Å². The number of anilines is 2. The molecule has 3 aliphatic rings. The van der Waals surface area contributed by atoms with Gasteiger partial charge in [-0.15, -0.1) is 0 Å². The third-order valence-electron chi connectivity index (χ3n) is 7.95. The standard InChI is InChI=1S/C26H33ClF2N6O3S/c27-23-13-18(26(28,29)17-1-3-19(30)4-2-17)14-24(32-23)33-9-11-34(12-10-33)39(37,38)22-7-5-21(6-8-22)35-16-20(31)15-25(35)36/h5-8,13-14,17,19-20H,1-4,9-12,15-16,30-31H2/t17-,19+,20-/m1/s1. The van der Waals surface area contributed by atoms with Gasteiger partial charge in [-0.2, -0.15) is 4.31 Å². The molecule has 1 saturated carbocycles. The number of sulfonamides is 1. The highest BCUT2D eigenvalue weighted by molar-refractivity contribution is 7.89. The number of alkyl halides is 2. The summed E-state index contributed by atoms with van der Waals surface area (Å²) in [7, 11) is -3.79. The Hall–Kier alpha value is -2.38. The predicted octanol–water partition coefficient (Wildman–Crippen LogP) is 2.92. The molecule has 1 aliphatic carbocycles. The number of piperazine rings is 1. The van der Waals surface area contributed by atoms with Crippen LogP contribution in [0.15, 0.2) is 41.3 Å². The molecule has 0 unspecified atom stereocenters. The Labute approximate surface area is 232 Å². The summed E-state index contributed by atoms with van der Waals surface area (Å²) in [6.45, 7) is 1.25. The molecule has 0 radical (unpaired) electrons. The van der Waals surface area contributed by atoms with Crippen molar-refractivity contribution in [3.63, 3.8) is 0 Å². The molecule has 212 valence electrons. The van der Waals surface area contributed by atoms with E-state index in [1.165, 1.54) is 28.6 Å². The zero-order valence-electron chi connectivity index (χ0n) is 21.5. The SMILES string of the molecule is N[C@@H]1CC(=O)N(c2ccc(S(=O)(=O)N3CCN(c4cc(C(F)(F)[C@H]5CC[C@@H](N)CC5)cc(Cl)n4)CC3)cc2)C1. The van der Waals surface area contributed by atoms with Gasteiger partial charge in [0.05, 0.1) is 4.90 Å². The van der Waals surface area contributed by atoms with E-state index in [1.54, 1.807) is 21.9 Å². The molecule has 0 bridgehead atoms. The van der Waals surface area contributed by atoms with Gasteiger partial charge in [0.25, 0.3) is 5.92 Å². The third-order valence-corrected chi connectivity index (χ3v) is 10.1. The molecule has 3 fully saturated rings. The highest BCUT2D eigenvalue weighted by Gasteiger charge is 2.43. The Bertz CT molecular complexity index is 1310. The Balaban J connectivity index is 1.26. The Kier molecular flexibility index (Phi) is 7.86. The summed E-state index contributed by atoms with van der Waals surface area (Å²) < 4.78 is 58.7. The number of hydrogen-bond acceptors (Lipinski definition) is 7. The lowest BCUT2D eigenvalue weighted by molar-refractivity contribution is -0.117. The summed E-state index contributed by atoms with van der Waals surface area (Å²) in [5.74, 6) is -3.66. The van der Waals surface area contributed by atoms with Crippen molar-refractivity contribution in [2.24, 2.45) is 17.4 Å². The maximum atomic E-state index is 15.4. The van der Waals surface area contributed by atoms with Crippen LogP contribution in [0.1, 0.15) is 37.7 Å². The first-order valence-corrected chi connectivity index (χ1v) is 15.0. The second-order valence-corrected chi connectivity index (χ2v) is 13.0. The van der Waals surface area contributed by atoms with Crippen molar-refractivity contribution in [3.05, 3.63) is 47.1 Å². The molecule has 1 aromatic carbocycles. The lowest BCUT2D eigenvalue weighted by atomic mass is 9.80. The number of pyridine rings is 1. The van der Waals surface area contributed by atoms with Gasteiger partial charge >= 0.3 is 0 Å². The average molecular weight is 583 g/mol. The van der Waals surface area contributed by atoms with Crippen molar-refractivity contribution < 1.29 is 22.0 Å². The summed E-state index contributed by atoms with van der Waals surface area (Å²) in [6, 6.07) is 8.50. The second-order valence-electron chi connectivity index (χ2n) is 10.6. The molecule has 13 heteroatoms. The molecule has 1 atom stereocenters. The van der Waals surface area contributed by atoms with Gasteiger partial charge in [-0.1, -0.05) is 11.6 Å². The first-order chi connectivity index (χ1) is 18.4. The molecule has 9 nitrogen and oxygen atoms in total. The van der Waals surface area contributed by atoms with Crippen LogP contribution in [0.4, 0.5) is 20.3 Å². The van der Waals surface area contributed by atoms with E-state index in [0.717, 1.165) is 0 Å². The lowest BCUT2D eigenvalue weighted by Gasteiger charge is -2.36. The molecule has 2 aromatic rings. The Morgan fingerprint density at radius 2 is 1.59 bits per heavy atom. The van der Waals surface area contributed by atoms with E-state index in [0.29, 0.717) is 43.7 Å². The molecule has 1 aromatic heterocycles. The maximum absolute atomic E-state index is 15.4. The minimum atomic E-state index is -3.79. The van der Waals surface area contributed by atoms with Crippen LogP contribution >= 0.6 is 11.6 Å². The molecular weight excluding hydrogens is 550 g/mol. The van der Waals surface area contributed by atoms with Gasteiger partial charge in [-0.05, 0) is 62.1 Å². The van der Waals surface area contributed by atoms with Crippen molar-refractivity contribution in [2.45, 2.75) is 55.0 Å². The van der Waals surface area contributed by atoms with Gasteiger partial charge in [0, 0.05) is 68.4 Å². The van der Waals surface area contributed by atoms with Gasteiger partial charge < -0.3 is 21.3 Å². The Morgan fingerprint density at radius 3 is 2.18 bits per heavy atom. The monoisotopic (exact) mass is 582 g/mol. The highest BCUT2D eigenvalue weighted by atomic mass is 35.5. The molecule has 39 heavy (non-hydrogen) atoms. The molecule has 0 spiro atoms. The fraction of sp³-hybridized carbons (Fsp3) is 0.538. The zero-order chi connectivity index (χ0) is 27.9. The van der Waals surface area contributed by atoms with Gasteiger partial charge in [-0.25, -0.2) is 22.2 Å². The van der Waals surface area contributed by atoms with Crippen molar-refractivity contribution in [2.75, 3.05) is 42.5 Å². The normalized spacial score (nSPS) is 25.4. The number of carbonyl (C=O) groups excluding carboxylic acids is 1. The lowest BCUT2D eigenvalue weighted by Crippen LogP contribution is -2.49. The zero-order valence-corrected chi connectivity index (χ0v) is 23.1. The summed E-state index contributed by atoms with van der Waals surface area (Å²) in [6.07, 6.45) is 2.09. The van der Waals surface area contributed by atoms with E-state index in [-0.39, 0.29) is 66.2 Å².